The second kappa shape index (κ2) is 17.6. The summed E-state index contributed by atoms with van der Waals surface area (Å²) in [5.74, 6) is 0.926. The fourth-order valence-corrected chi connectivity index (χ4v) is 13.5. The van der Waals surface area contributed by atoms with E-state index in [2.05, 4.69) is 281 Å². The summed E-state index contributed by atoms with van der Waals surface area (Å²) in [6, 6.07) is 76.7. The van der Waals surface area contributed by atoms with Crippen LogP contribution in [0.1, 0.15) is 50.7 Å². The molecular formula is C68H65N3Si2. The summed E-state index contributed by atoms with van der Waals surface area (Å²) in [6.07, 6.45) is 0. The van der Waals surface area contributed by atoms with E-state index in [1.54, 1.807) is 0 Å². The zero-order chi connectivity index (χ0) is 50.5. The van der Waals surface area contributed by atoms with Gasteiger partial charge in [-0.05, 0) is 165 Å². The summed E-state index contributed by atoms with van der Waals surface area (Å²) >= 11 is 0. The Morgan fingerprint density at radius 2 is 0.699 bits per heavy atom. The van der Waals surface area contributed by atoms with Gasteiger partial charge in [0, 0.05) is 55.7 Å². The number of aromatic nitrogens is 1. The summed E-state index contributed by atoms with van der Waals surface area (Å²) in [4.78, 5) is 4.86. The van der Waals surface area contributed by atoms with Gasteiger partial charge in [0.15, 0.2) is 0 Å². The van der Waals surface area contributed by atoms with Crippen LogP contribution in [0.2, 0.25) is 39.3 Å². The Kier molecular flexibility index (Phi) is 11.3. The maximum Gasteiger partial charge on any atom is 0.0775 e. The highest BCUT2D eigenvalue weighted by atomic mass is 28.3. The summed E-state index contributed by atoms with van der Waals surface area (Å²) in [6.45, 7) is 23.6. The first kappa shape index (κ1) is 46.6. The van der Waals surface area contributed by atoms with Gasteiger partial charge in [0.2, 0.25) is 0 Å². The molecule has 0 unspecified atom stereocenters. The number of nitrogens with zero attached hydrogens (tertiary/aromatic N) is 3. The molecule has 73 heavy (non-hydrogen) atoms. The molecule has 0 aliphatic heterocycles. The van der Waals surface area contributed by atoms with Crippen LogP contribution in [-0.4, -0.2) is 20.5 Å². The molecule has 12 aromatic rings. The molecule has 2 aromatic heterocycles. The second-order valence-corrected chi connectivity index (χ2v) is 33.3. The van der Waals surface area contributed by atoms with Crippen molar-refractivity contribution in [2.45, 2.75) is 78.8 Å². The van der Waals surface area contributed by atoms with Gasteiger partial charge < -0.3 is 14.2 Å². The highest BCUT2D eigenvalue weighted by molar-refractivity contribution is 6.89. The number of hydrogen-bond donors (Lipinski definition) is 0. The first-order valence-electron chi connectivity index (χ1n) is 26.3. The summed E-state index contributed by atoms with van der Waals surface area (Å²) in [7, 11) is -2.97. The molecule has 360 valence electrons. The number of hydrogen-bond acceptors (Lipinski definition) is 2. The SMILES string of the molecule is CC(C)c1ccc(N(c2ccc([Si](C)(C)C)cc2)c2ccc3cc4c5cc(-c6ccccc6)cc6c7cc8ccc(N(c9ccc(C(C)C)cc9)c9ccc([Si](C)(C)C)cc9)cc8cc7n(c4cc3c2)c56)cc1. The largest absolute Gasteiger partial charge is 0.310 e. The molecule has 0 radical (unpaired) electrons. The predicted octanol–water partition coefficient (Wildman–Crippen LogP) is 19.1. The van der Waals surface area contributed by atoms with Crippen molar-refractivity contribution in [2.24, 2.45) is 0 Å². The Labute approximate surface area is 433 Å². The van der Waals surface area contributed by atoms with Gasteiger partial charge in [-0.2, -0.15) is 0 Å². The summed E-state index contributed by atoms with van der Waals surface area (Å²) in [5, 5.41) is 12.9. The molecule has 0 atom stereocenters. The van der Waals surface area contributed by atoms with Crippen LogP contribution < -0.4 is 20.2 Å². The molecule has 5 heteroatoms. The van der Waals surface area contributed by atoms with Crippen LogP contribution in [0.4, 0.5) is 34.1 Å². The van der Waals surface area contributed by atoms with Crippen LogP contribution in [0.5, 0.6) is 0 Å². The molecule has 0 saturated carbocycles. The van der Waals surface area contributed by atoms with Crippen molar-refractivity contribution in [1.82, 2.24) is 4.40 Å². The van der Waals surface area contributed by atoms with Crippen molar-refractivity contribution < 1.29 is 0 Å². The Morgan fingerprint density at radius 1 is 0.329 bits per heavy atom. The molecule has 0 aliphatic rings. The lowest BCUT2D eigenvalue weighted by Gasteiger charge is -2.27. The average molecular weight is 980 g/mol. The first-order chi connectivity index (χ1) is 35.1. The van der Waals surface area contributed by atoms with E-state index in [4.69, 9.17) is 0 Å². The third kappa shape index (κ3) is 8.29. The van der Waals surface area contributed by atoms with E-state index in [0.717, 1.165) is 22.7 Å². The van der Waals surface area contributed by atoms with Gasteiger partial charge in [0.25, 0.3) is 0 Å². The van der Waals surface area contributed by atoms with Gasteiger partial charge in [-0.1, -0.05) is 168 Å². The number of anilines is 6. The van der Waals surface area contributed by atoms with E-state index < -0.39 is 16.1 Å². The number of benzene rings is 10. The standard InChI is InChI=1S/C68H65N3Si2/c1-44(2)46-16-22-54(23-17-46)69(56-28-32-60(33-29-56)72(5,6)7)58-26-20-49-38-62-64-40-53(48-14-12-11-13-15-48)41-65-63-39-50-21-27-59(37-52(50)43-67(63)71(68(64)65)66(62)42-51(49)36-58)70(55-24-18-47(19-25-55)45(3)4)57-30-34-61(35-31-57)73(8,9)10/h11-45H,1-10H3. The van der Waals surface area contributed by atoms with Crippen LogP contribution >= 0.6 is 0 Å². The Balaban J connectivity index is 1.07. The molecule has 0 aliphatic carbocycles. The van der Waals surface area contributed by atoms with Gasteiger partial charge in [0.1, 0.15) is 0 Å². The van der Waals surface area contributed by atoms with Crippen LogP contribution in [0.25, 0.3) is 70.8 Å². The fraction of sp³-hybridized carbons (Fsp3) is 0.176. The number of rotatable bonds is 11. The average Bonchev–Trinajstić information content (AvgIpc) is 3.88. The number of fused-ring (bicyclic) bond motifs is 8. The molecular weight excluding hydrogens is 915 g/mol. The van der Waals surface area contributed by atoms with E-state index >= 15 is 0 Å². The molecule has 10 aromatic carbocycles. The minimum atomic E-state index is -1.49. The lowest BCUT2D eigenvalue weighted by atomic mass is 9.97. The minimum Gasteiger partial charge on any atom is -0.310 e. The van der Waals surface area contributed by atoms with Crippen molar-refractivity contribution in [3.8, 4) is 11.1 Å². The Morgan fingerprint density at radius 3 is 1.07 bits per heavy atom. The molecule has 0 fully saturated rings. The van der Waals surface area contributed by atoms with Crippen LogP contribution in [-0.2, 0) is 0 Å². The third-order valence-corrected chi connectivity index (χ3v) is 19.6. The highest BCUT2D eigenvalue weighted by Gasteiger charge is 2.24. The lowest BCUT2D eigenvalue weighted by Crippen LogP contribution is -2.37. The Hall–Kier alpha value is -7.45. The third-order valence-electron chi connectivity index (χ3n) is 15.5. The van der Waals surface area contributed by atoms with Crippen molar-refractivity contribution in [3.05, 3.63) is 211 Å². The maximum absolute atomic E-state index is 2.57. The molecule has 0 amide bonds. The molecule has 2 heterocycles. The van der Waals surface area contributed by atoms with Crippen molar-refractivity contribution in [3.63, 3.8) is 0 Å². The smallest absolute Gasteiger partial charge is 0.0775 e. The first-order valence-corrected chi connectivity index (χ1v) is 33.3. The van der Waals surface area contributed by atoms with Crippen LogP contribution in [0.3, 0.4) is 0 Å². The highest BCUT2D eigenvalue weighted by Crippen LogP contribution is 2.46. The zero-order valence-corrected chi connectivity index (χ0v) is 46.0. The topological polar surface area (TPSA) is 10.9 Å². The van der Waals surface area contributed by atoms with E-state index in [-0.39, 0.29) is 0 Å². The van der Waals surface area contributed by atoms with Crippen LogP contribution in [0, 0.1) is 0 Å². The van der Waals surface area contributed by atoms with Gasteiger partial charge in [0.05, 0.1) is 32.7 Å². The van der Waals surface area contributed by atoms with E-state index in [1.807, 2.05) is 0 Å². The van der Waals surface area contributed by atoms with Gasteiger partial charge in [-0.3, -0.25) is 0 Å². The zero-order valence-electron chi connectivity index (χ0n) is 44.0. The van der Waals surface area contributed by atoms with Crippen molar-refractivity contribution in [1.29, 1.82) is 0 Å². The molecule has 0 N–H and O–H groups in total. The van der Waals surface area contributed by atoms with E-state index in [9.17, 15) is 0 Å². The van der Waals surface area contributed by atoms with E-state index in [1.165, 1.54) is 104 Å². The minimum absolute atomic E-state index is 0.463. The summed E-state index contributed by atoms with van der Waals surface area (Å²) in [5.41, 5.74) is 15.8. The second-order valence-electron chi connectivity index (χ2n) is 23.2. The van der Waals surface area contributed by atoms with Crippen molar-refractivity contribution >= 4 is 120 Å². The summed E-state index contributed by atoms with van der Waals surface area (Å²) < 4.78 is 2.57. The van der Waals surface area contributed by atoms with E-state index in [0.29, 0.717) is 11.8 Å². The molecule has 12 rings (SSSR count). The molecule has 3 nitrogen and oxygen atoms in total. The normalized spacial score (nSPS) is 12.5. The van der Waals surface area contributed by atoms with Gasteiger partial charge in [-0.25, -0.2) is 0 Å². The Bertz CT molecular complexity index is 3770. The van der Waals surface area contributed by atoms with Crippen LogP contribution in [0.15, 0.2) is 200 Å². The molecule has 0 saturated heterocycles. The lowest BCUT2D eigenvalue weighted by molar-refractivity contribution is 0.866. The molecule has 0 spiro atoms. The van der Waals surface area contributed by atoms with Gasteiger partial charge >= 0.3 is 0 Å². The predicted molar refractivity (Wildman–Crippen MR) is 325 cm³/mol. The maximum atomic E-state index is 2.57. The van der Waals surface area contributed by atoms with Crippen molar-refractivity contribution in [2.75, 3.05) is 9.80 Å². The van der Waals surface area contributed by atoms with Gasteiger partial charge in [-0.15, -0.1) is 0 Å². The quantitative estimate of drug-likeness (QED) is 0.120. The fourth-order valence-electron chi connectivity index (χ4n) is 11.2. The molecule has 0 bridgehead atoms. The monoisotopic (exact) mass is 979 g/mol.